The summed E-state index contributed by atoms with van der Waals surface area (Å²) in [7, 11) is 0. The molecule has 0 rings (SSSR count). The number of hydrogen-bond acceptors (Lipinski definition) is 3. The fraction of sp³-hybridized carbons (Fsp3) is 0.977. The first kappa shape index (κ1) is 47.4. The van der Waals surface area contributed by atoms with Crippen molar-refractivity contribution < 1.29 is 15.0 Å². The van der Waals surface area contributed by atoms with Crippen LogP contribution in [0.25, 0.3) is 0 Å². The van der Waals surface area contributed by atoms with E-state index in [9.17, 15) is 15.0 Å². The number of nitrogens with one attached hydrogen (secondary N) is 1. The Kier molecular flexibility index (Phi) is 40.3. The van der Waals surface area contributed by atoms with Gasteiger partial charge in [-0.1, -0.05) is 239 Å². The SMILES string of the molecule is CCCCCCCCCCCCCCCCCCCCCCCC(O)C(CO)NC(=O)CCCCCCCCCCCCCCCCC. The zero-order valence-corrected chi connectivity index (χ0v) is 33.0. The van der Waals surface area contributed by atoms with Crippen molar-refractivity contribution in [2.24, 2.45) is 0 Å². The summed E-state index contributed by atoms with van der Waals surface area (Å²) in [4.78, 5) is 12.4. The minimum Gasteiger partial charge on any atom is -0.394 e. The molecule has 0 heterocycles. The maximum Gasteiger partial charge on any atom is 0.220 e. The standard InChI is InChI=1S/C44H89NO3/c1-3-5-7-9-11-13-15-17-19-20-21-22-23-24-26-27-29-31-33-35-37-39-43(47)42(41-46)45-44(48)40-38-36-34-32-30-28-25-18-16-14-12-10-8-6-4-2/h42-43,46-47H,3-41H2,1-2H3,(H,45,48). The Labute approximate surface area is 302 Å². The van der Waals surface area contributed by atoms with Crippen molar-refractivity contribution in [1.82, 2.24) is 5.32 Å². The zero-order valence-electron chi connectivity index (χ0n) is 33.0. The predicted octanol–water partition coefficient (Wildman–Crippen LogP) is 13.7. The topological polar surface area (TPSA) is 69.6 Å². The molecule has 0 aliphatic carbocycles. The highest BCUT2D eigenvalue weighted by molar-refractivity contribution is 5.76. The molecule has 0 spiro atoms. The van der Waals surface area contributed by atoms with E-state index in [-0.39, 0.29) is 12.5 Å². The molecule has 0 aromatic carbocycles. The molecule has 0 radical (unpaired) electrons. The van der Waals surface area contributed by atoms with Crippen LogP contribution in [0.1, 0.15) is 258 Å². The molecule has 0 aliphatic heterocycles. The third-order valence-corrected chi connectivity index (χ3v) is 10.6. The molecule has 1 amide bonds. The van der Waals surface area contributed by atoms with Crippen LogP contribution in [-0.4, -0.2) is 34.9 Å². The van der Waals surface area contributed by atoms with Crippen molar-refractivity contribution >= 4 is 5.91 Å². The third kappa shape index (κ3) is 36.7. The Balaban J connectivity index is 3.46. The molecule has 0 saturated heterocycles. The van der Waals surface area contributed by atoms with Gasteiger partial charge in [-0.05, 0) is 12.8 Å². The van der Waals surface area contributed by atoms with E-state index < -0.39 is 12.1 Å². The molecule has 4 heteroatoms. The van der Waals surface area contributed by atoms with Crippen molar-refractivity contribution in [3.8, 4) is 0 Å². The van der Waals surface area contributed by atoms with E-state index in [0.29, 0.717) is 12.8 Å². The number of rotatable bonds is 41. The molecule has 0 fully saturated rings. The van der Waals surface area contributed by atoms with Crippen LogP contribution in [0.2, 0.25) is 0 Å². The molecule has 2 unspecified atom stereocenters. The van der Waals surface area contributed by atoms with Gasteiger partial charge in [-0.3, -0.25) is 4.79 Å². The lowest BCUT2D eigenvalue weighted by Gasteiger charge is -2.22. The fourth-order valence-electron chi connectivity index (χ4n) is 7.19. The van der Waals surface area contributed by atoms with Gasteiger partial charge in [-0.25, -0.2) is 0 Å². The number of carbonyl (C=O) groups excluding carboxylic acids is 1. The number of aliphatic hydroxyl groups excluding tert-OH is 2. The summed E-state index contributed by atoms with van der Waals surface area (Å²) in [6, 6.07) is -0.529. The smallest absolute Gasteiger partial charge is 0.220 e. The summed E-state index contributed by atoms with van der Waals surface area (Å²) < 4.78 is 0. The van der Waals surface area contributed by atoms with Gasteiger partial charge in [-0.2, -0.15) is 0 Å². The van der Waals surface area contributed by atoms with Crippen molar-refractivity contribution in [3.05, 3.63) is 0 Å². The summed E-state index contributed by atoms with van der Waals surface area (Å²) in [6.45, 7) is 4.38. The molecule has 288 valence electrons. The Bertz CT molecular complexity index is 612. The molecule has 0 aromatic rings. The molecular formula is C44H89NO3. The van der Waals surface area contributed by atoms with Crippen LogP contribution in [-0.2, 0) is 4.79 Å². The van der Waals surface area contributed by atoms with Crippen molar-refractivity contribution in [2.45, 2.75) is 270 Å². The Hall–Kier alpha value is -0.610. The summed E-state index contributed by atoms with van der Waals surface area (Å²) in [6.07, 6.45) is 48.9. The number of aliphatic hydroxyl groups is 2. The molecular weight excluding hydrogens is 590 g/mol. The number of hydrogen-bond donors (Lipinski definition) is 3. The van der Waals surface area contributed by atoms with Gasteiger partial charge in [0.05, 0.1) is 18.8 Å². The first-order valence-electron chi connectivity index (χ1n) is 22.2. The number of amides is 1. The van der Waals surface area contributed by atoms with E-state index in [1.165, 1.54) is 205 Å². The molecule has 0 bridgehead atoms. The van der Waals surface area contributed by atoms with E-state index in [1.54, 1.807) is 0 Å². The van der Waals surface area contributed by atoms with E-state index in [4.69, 9.17) is 0 Å². The average molecular weight is 680 g/mol. The number of unbranched alkanes of at least 4 members (excludes halogenated alkanes) is 34. The van der Waals surface area contributed by atoms with Gasteiger partial charge < -0.3 is 15.5 Å². The van der Waals surface area contributed by atoms with Gasteiger partial charge in [0, 0.05) is 6.42 Å². The highest BCUT2D eigenvalue weighted by Crippen LogP contribution is 2.17. The Morgan fingerprint density at radius 1 is 0.417 bits per heavy atom. The molecule has 4 nitrogen and oxygen atoms in total. The summed E-state index contributed by atoms with van der Waals surface area (Å²) in [5.41, 5.74) is 0. The van der Waals surface area contributed by atoms with Crippen molar-refractivity contribution in [1.29, 1.82) is 0 Å². The Morgan fingerprint density at radius 3 is 0.938 bits per heavy atom. The normalized spacial score (nSPS) is 12.8. The van der Waals surface area contributed by atoms with E-state index in [1.807, 2.05) is 0 Å². The van der Waals surface area contributed by atoms with Gasteiger partial charge in [0.15, 0.2) is 0 Å². The number of carbonyl (C=O) groups is 1. The first-order valence-corrected chi connectivity index (χ1v) is 22.2. The molecule has 0 aromatic heterocycles. The minimum absolute atomic E-state index is 0.0263. The quantitative estimate of drug-likeness (QED) is 0.0563. The van der Waals surface area contributed by atoms with Gasteiger partial charge in [0.2, 0.25) is 5.91 Å². The van der Waals surface area contributed by atoms with Crippen molar-refractivity contribution in [2.75, 3.05) is 6.61 Å². The van der Waals surface area contributed by atoms with E-state index >= 15 is 0 Å². The molecule has 48 heavy (non-hydrogen) atoms. The lowest BCUT2D eigenvalue weighted by Crippen LogP contribution is -2.45. The van der Waals surface area contributed by atoms with Gasteiger partial charge in [0.25, 0.3) is 0 Å². The highest BCUT2D eigenvalue weighted by atomic mass is 16.3. The largest absolute Gasteiger partial charge is 0.394 e. The van der Waals surface area contributed by atoms with Crippen LogP contribution < -0.4 is 5.32 Å². The molecule has 0 aliphatic rings. The van der Waals surface area contributed by atoms with Gasteiger partial charge in [0.1, 0.15) is 0 Å². The van der Waals surface area contributed by atoms with Crippen LogP contribution in [0.5, 0.6) is 0 Å². The molecule has 0 saturated carbocycles. The summed E-state index contributed by atoms with van der Waals surface area (Å²) in [5, 5.41) is 23.2. The maximum atomic E-state index is 12.4. The average Bonchev–Trinajstić information content (AvgIpc) is 3.09. The minimum atomic E-state index is -0.652. The predicted molar refractivity (Wildman–Crippen MR) is 212 cm³/mol. The lowest BCUT2D eigenvalue weighted by atomic mass is 10.0. The second-order valence-corrected chi connectivity index (χ2v) is 15.5. The summed E-state index contributed by atoms with van der Waals surface area (Å²) in [5.74, 6) is -0.0263. The zero-order chi connectivity index (χ0) is 35.0. The summed E-state index contributed by atoms with van der Waals surface area (Å²) >= 11 is 0. The van der Waals surface area contributed by atoms with E-state index in [2.05, 4.69) is 19.2 Å². The van der Waals surface area contributed by atoms with Gasteiger partial charge in [-0.15, -0.1) is 0 Å². The fourth-order valence-corrected chi connectivity index (χ4v) is 7.19. The Morgan fingerprint density at radius 2 is 0.667 bits per heavy atom. The van der Waals surface area contributed by atoms with Crippen LogP contribution in [0.15, 0.2) is 0 Å². The third-order valence-electron chi connectivity index (χ3n) is 10.6. The monoisotopic (exact) mass is 680 g/mol. The van der Waals surface area contributed by atoms with Crippen LogP contribution in [0, 0.1) is 0 Å². The maximum absolute atomic E-state index is 12.4. The first-order chi connectivity index (χ1) is 23.7. The van der Waals surface area contributed by atoms with E-state index in [0.717, 1.165) is 25.7 Å². The van der Waals surface area contributed by atoms with Crippen LogP contribution >= 0.6 is 0 Å². The second-order valence-electron chi connectivity index (χ2n) is 15.5. The van der Waals surface area contributed by atoms with Crippen molar-refractivity contribution in [3.63, 3.8) is 0 Å². The van der Waals surface area contributed by atoms with Gasteiger partial charge >= 0.3 is 0 Å². The van der Waals surface area contributed by atoms with Crippen LogP contribution in [0.4, 0.5) is 0 Å². The van der Waals surface area contributed by atoms with Crippen LogP contribution in [0.3, 0.4) is 0 Å². The lowest BCUT2D eigenvalue weighted by molar-refractivity contribution is -0.123. The molecule has 2 atom stereocenters. The highest BCUT2D eigenvalue weighted by Gasteiger charge is 2.20. The second kappa shape index (κ2) is 40.8. The molecule has 3 N–H and O–H groups in total.